The van der Waals surface area contributed by atoms with Gasteiger partial charge in [-0.3, -0.25) is 9.13 Å². The molecule has 10 rings (SSSR count). The molecular weight excluding hydrogens is 695 g/mol. The Morgan fingerprint density at radius 2 is 1.04 bits per heavy atom. The quantitative estimate of drug-likeness (QED) is 0.146. The molecule has 5 aromatic carbocycles. The molecule has 0 saturated carbocycles. The van der Waals surface area contributed by atoms with Gasteiger partial charge in [0.05, 0.1) is 28.3 Å². The summed E-state index contributed by atoms with van der Waals surface area (Å²) in [5, 5.41) is 13.0. The third-order valence-electron chi connectivity index (χ3n) is 10.5. The predicted molar refractivity (Wildman–Crippen MR) is 221 cm³/mol. The van der Waals surface area contributed by atoms with E-state index in [0.717, 1.165) is 72.8 Å². The van der Waals surface area contributed by atoms with Crippen LogP contribution in [0, 0.1) is 0 Å². The third kappa shape index (κ3) is 5.68. The van der Waals surface area contributed by atoms with Crippen molar-refractivity contribution in [2.45, 2.75) is 26.2 Å². The van der Waals surface area contributed by atoms with E-state index in [-0.39, 0.29) is 5.92 Å². The Morgan fingerprint density at radius 3 is 1.52 bits per heavy atom. The third-order valence-corrected chi connectivity index (χ3v) is 10.5. The fourth-order valence-corrected chi connectivity index (χ4v) is 7.72. The molecule has 0 N–H and O–H groups in total. The molecule has 1 atom stereocenters. The highest BCUT2D eigenvalue weighted by Gasteiger charge is 2.23. The van der Waals surface area contributed by atoms with Gasteiger partial charge in [0.15, 0.2) is 5.82 Å². The lowest BCUT2D eigenvalue weighted by atomic mass is 9.94. The number of rotatable bonds is 9. The highest BCUT2D eigenvalue weighted by Crippen LogP contribution is 2.45. The van der Waals surface area contributed by atoms with Gasteiger partial charge in [0.2, 0.25) is 0 Å². The van der Waals surface area contributed by atoms with Crippen molar-refractivity contribution in [3.63, 3.8) is 0 Å². The maximum Gasteiger partial charge on any atom is 0.181 e. The zero-order chi connectivity index (χ0) is 37.6. The summed E-state index contributed by atoms with van der Waals surface area (Å²) in [7, 11) is 0. The van der Waals surface area contributed by atoms with Crippen LogP contribution in [0.3, 0.4) is 0 Å². The van der Waals surface area contributed by atoms with Gasteiger partial charge in [0, 0.05) is 63.4 Å². The summed E-state index contributed by atoms with van der Waals surface area (Å²) in [6, 6.07) is 45.1. The molecule has 0 aliphatic rings. The molecule has 5 heterocycles. The second kappa shape index (κ2) is 13.8. The number of aromatic nitrogens is 7. The average Bonchev–Trinajstić information content (AvgIpc) is 3.76. The summed E-state index contributed by atoms with van der Waals surface area (Å²) in [6.45, 7) is 4.37. The number of ether oxygens (including phenoxy) is 2. The lowest BCUT2D eigenvalue weighted by molar-refractivity contribution is 0.441. The normalized spacial score (nSPS) is 12.1. The van der Waals surface area contributed by atoms with Crippen LogP contribution in [-0.4, -0.2) is 34.3 Å². The molecule has 5 aromatic heterocycles. The molecular formula is C47H35N7O2. The van der Waals surface area contributed by atoms with Crippen LogP contribution < -0.4 is 9.47 Å². The van der Waals surface area contributed by atoms with Crippen LogP contribution in [0.25, 0.3) is 66.6 Å². The fourth-order valence-electron chi connectivity index (χ4n) is 7.72. The first-order chi connectivity index (χ1) is 27.6. The molecule has 0 fully saturated rings. The Kier molecular flexibility index (Phi) is 8.17. The summed E-state index contributed by atoms with van der Waals surface area (Å²) in [5.74, 6) is 4.89. The zero-order valence-corrected chi connectivity index (χ0v) is 30.7. The van der Waals surface area contributed by atoms with Gasteiger partial charge in [0.1, 0.15) is 34.6 Å². The monoisotopic (exact) mass is 729 g/mol. The van der Waals surface area contributed by atoms with E-state index in [4.69, 9.17) is 19.4 Å². The molecule has 1 unspecified atom stereocenters. The van der Waals surface area contributed by atoms with Crippen molar-refractivity contribution in [2.24, 2.45) is 0 Å². The number of benzene rings is 5. The van der Waals surface area contributed by atoms with E-state index < -0.39 is 0 Å². The zero-order valence-electron chi connectivity index (χ0n) is 30.7. The smallest absolute Gasteiger partial charge is 0.181 e. The number of hydrogen-bond acceptors (Lipinski definition) is 7. The number of hydrogen-bond donors (Lipinski definition) is 0. The highest BCUT2D eigenvalue weighted by molar-refractivity contribution is 6.10. The second-order valence-corrected chi connectivity index (χ2v) is 13.8. The van der Waals surface area contributed by atoms with Gasteiger partial charge >= 0.3 is 0 Å². The van der Waals surface area contributed by atoms with Crippen molar-refractivity contribution in [1.82, 2.24) is 34.3 Å². The summed E-state index contributed by atoms with van der Waals surface area (Å²) in [4.78, 5) is 14.0. The van der Waals surface area contributed by atoms with E-state index in [9.17, 15) is 0 Å². The number of para-hydroxylation sites is 2. The molecule has 0 amide bonds. The summed E-state index contributed by atoms with van der Waals surface area (Å²) >= 11 is 0. The van der Waals surface area contributed by atoms with Gasteiger partial charge in [-0.15, -0.1) is 5.10 Å². The van der Waals surface area contributed by atoms with Crippen LogP contribution in [0.4, 0.5) is 0 Å². The topological polar surface area (TPSA) is 92.8 Å². The van der Waals surface area contributed by atoms with E-state index in [1.807, 2.05) is 73.1 Å². The Hall–Kier alpha value is -7.39. The van der Waals surface area contributed by atoms with Crippen LogP contribution in [-0.2, 0) is 0 Å². The summed E-state index contributed by atoms with van der Waals surface area (Å²) in [5.41, 5.74) is 5.80. The van der Waals surface area contributed by atoms with Gasteiger partial charge < -0.3 is 9.47 Å². The molecule has 56 heavy (non-hydrogen) atoms. The Balaban J connectivity index is 1.14. The predicted octanol–water partition coefficient (Wildman–Crippen LogP) is 11.6. The van der Waals surface area contributed by atoms with E-state index in [1.54, 1.807) is 12.4 Å². The number of pyridine rings is 2. The molecule has 9 heteroatoms. The lowest BCUT2D eigenvalue weighted by Gasteiger charge is -2.21. The molecule has 0 aliphatic heterocycles. The molecule has 0 saturated heterocycles. The Morgan fingerprint density at radius 1 is 0.518 bits per heavy atom. The van der Waals surface area contributed by atoms with E-state index in [1.165, 1.54) is 0 Å². The SMILES string of the molecule is CCC(C)c1c(Oc2ccc3c4ccccc4n(-c4ccccn4)c3c2)cc(-c2nccnn2)cc1Oc1ccc2c3ccccc3n(-c3ccccn3)c2c1. The molecule has 0 radical (unpaired) electrons. The molecule has 0 bridgehead atoms. The van der Waals surface area contributed by atoms with Gasteiger partial charge in [-0.1, -0.05) is 62.4 Å². The first kappa shape index (κ1) is 33.2. The second-order valence-electron chi connectivity index (χ2n) is 13.8. The maximum absolute atomic E-state index is 6.95. The minimum atomic E-state index is 0.0799. The van der Waals surface area contributed by atoms with E-state index >= 15 is 0 Å². The standard InChI is InChI=1S/C47H35N7O2/c1-3-30(2)46-42(55-32-18-20-36-34-12-4-6-14-38(34)53(40(36)28-32)44-16-8-10-22-48-44)26-31(47-50-24-25-51-52-47)27-43(46)56-33-19-21-37-35-13-5-7-15-39(35)54(41(37)29-33)45-17-9-11-23-49-45/h4-30H,3H2,1-2H3. The van der Waals surface area contributed by atoms with Crippen LogP contribution in [0.1, 0.15) is 31.7 Å². The average molecular weight is 730 g/mol. The minimum absolute atomic E-state index is 0.0799. The van der Waals surface area contributed by atoms with Gasteiger partial charge in [-0.2, -0.15) is 5.10 Å². The molecule has 10 aromatic rings. The Bertz CT molecular complexity index is 2850. The maximum atomic E-state index is 6.95. The van der Waals surface area contributed by atoms with Gasteiger partial charge in [0.25, 0.3) is 0 Å². The first-order valence-corrected chi connectivity index (χ1v) is 18.7. The van der Waals surface area contributed by atoms with Crippen LogP contribution >= 0.6 is 0 Å². The summed E-state index contributed by atoms with van der Waals surface area (Å²) < 4.78 is 18.3. The Labute approximate surface area is 322 Å². The number of nitrogens with zero attached hydrogens (tertiary/aromatic N) is 7. The summed E-state index contributed by atoms with van der Waals surface area (Å²) in [6.07, 6.45) is 7.70. The van der Waals surface area contributed by atoms with Gasteiger partial charge in [-0.05, 0) is 85.1 Å². The molecule has 0 aliphatic carbocycles. The van der Waals surface area contributed by atoms with Crippen molar-refractivity contribution in [1.29, 1.82) is 0 Å². The molecule has 0 spiro atoms. The van der Waals surface area contributed by atoms with Crippen molar-refractivity contribution in [3.05, 3.63) is 164 Å². The minimum Gasteiger partial charge on any atom is -0.457 e. The van der Waals surface area contributed by atoms with Crippen LogP contribution in [0.2, 0.25) is 0 Å². The van der Waals surface area contributed by atoms with Crippen LogP contribution in [0.5, 0.6) is 23.0 Å². The van der Waals surface area contributed by atoms with Crippen LogP contribution in [0.15, 0.2) is 158 Å². The van der Waals surface area contributed by atoms with Crippen molar-refractivity contribution >= 4 is 43.6 Å². The van der Waals surface area contributed by atoms with E-state index in [2.05, 4.69) is 111 Å². The molecule has 9 nitrogen and oxygen atoms in total. The van der Waals surface area contributed by atoms with E-state index in [0.29, 0.717) is 28.8 Å². The van der Waals surface area contributed by atoms with Crippen molar-refractivity contribution in [3.8, 4) is 46.0 Å². The number of fused-ring (bicyclic) bond motifs is 6. The highest BCUT2D eigenvalue weighted by atomic mass is 16.5. The van der Waals surface area contributed by atoms with Crippen molar-refractivity contribution < 1.29 is 9.47 Å². The largest absolute Gasteiger partial charge is 0.457 e. The van der Waals surface area contributed by atoms with Gasteiger partial charge in [-0.25, -0.2) is 15.0 Å². The molecule has 270 valence electrons. The fraction of sp³-hybridized carbons (Fsp3) is 0.0851. The first-order valence-electron chi connectivity index (χ1n) is 18.7. The lowest BCUT2D eigenvalue weighted by Crippen LogP contribution is -2.03. The van der Waals surface area contributed by atoms with Crippen molar-refractivity contribution in [2.75, 3.05) is 0 Å².